The third-order valence-electron chi connectivity index (χ3n) is 5.06. The molecule has 0 amide bonds. The molecule has 1 unspecified atom stereocenters. The largest absolute Gasteiger partial charge is 0.464 e. The summed E-state index contributed by atoms with van der Waals surface area (Å²) in [4.78, 5) is 0. The van der Waals surface area contributed by atoms with E-state index in [4.69, 9.17) is 23.4 Å². The Kier molecular flexibility index (Phi) is 9.33. The van der Waals surface area contributed by atoms with Gasteiger partial charge in [0.15, 0.2) is 34.4 Å². The summed E-state index contributed by atoms with van der Waals surface area (Å²) in [5.74, 6) is 1.33. The quantitative estimate of drug-likeness (QED) is 0.411. The highest BCUT2D eigenvalue weighted by atomic mass is 29.2. The standard InChI is InChI=1S/C19H36O5Si2/c1-9-16(24-25-26(7,8)19(2,3)4)15-11-10-12-17(22-13-20-5)18(15)23-14-21-6/h10-12,16H,9,13-14,25H2,1-8H3. The minimum atomic E-state index is -1.39. The van der Waals surface area contributed by atoms with Gasteiger partial charge in [-0.3, -0.25) is 0 Å². The van der Waals surface area contributed by atoms with Crippen LogP contribution in [0.4, 0.5) is 0 Å². The minimum Gasteiger partial charge on any atom is -0.464 e. The lowest BCUT2D eigenvalue weighted by atomic mass is 10.1. The lowest BCUT2D eigenvalue weighted by molar-refractivity contribution is 0.0303. The molecule has 5 nitrogen and oxygen atoms in total. The Morgan fingerprint density at radius 3 is 2.19 bits per heavy atom. The maximum Gasteiger partial charge on any atom is 0.188 e. The Hall–Kier alpha value is -0.866. The van der Waals surface area contributed by atoms with E-state index in [2.05, 4.69) is 46.9 Å². The molecule has 0 fully saturated rings. The topological polar surface area (TPSA) is 46.2 Å². The van der Waals surface area contributed by atoms with Crippen molar-refractivity contribution in [1.29, 1.82) is 0 Å². The normalized spacial score (nSPS) is 14.0. The zero-order valence-electron chi connectivity index (χ0n) is 17.7. The van der Waals surface area contributed by atoms with Crippen LogP contribution in [0.3, 0.4) is 0 Å². The van der Waals surface area contributed by atoms with Gasteiger partial charge in [0.05, 0.1) is 13.7 Å². The van der Waals surface area contributed by atoms with Crippen LogP contribution in [-0.4, -0.2) is 44.7 Å². The molecule has 7 heteroatoms. The minimum absolute atomic E-state index is 0.00810. The van der Waals surface area contributed by atoms with E-state index in [1.807, 2.05) is 12.1 Å². The lowest BCUT2D eigenvalue weighted by Crippen LogP contribution is -2.45. The van der Waals surface area contributed by atoms with Gasteiger partial charge in [0.2, 0.25) is 0 Å². The van der Waals surface area contributed by atoms with E-state index in [1.165, 1.54) is 0 Å². The first-order valence-electron chi connectivity index (χ1n) is 9.16. The van der Waals surface area contributed by atoms with Crippen molar-refractivity contribution in [1.82, 2.24) is 0 Å². The molecule has 0 spiro atoms. The Labute approximate surface area is 162 Å². The molecule has 0 heterocycles. The zero-order valence-corrected chi connectivity index (χ0v) is 20.1. The van der Waals surface area contributed by atoms with Gasteiger partial charge in [-0.1, -0.05) is 52.9 Å². The van der Waals surface area contributed by atoms with Crippen LogP contribution in [0.5, 0.6) is 11.5 Å². The molecular weight excluding hydrogens is 364 g/mol. The first kappa shape index (κ1) is 23.2. The molecule has 1 aromatic rings. The fourth-order valence-electron chi connectivity index (χ4n) is 2.25. The lowest BCUT2D eigenvalue weighted by Gasteiger charge is -2.37. The summed E-state index contributed by atoms with van der Waals surface area (Å²) >= 11 is 0. The fourth-order valence-corrected chi connectivity index (χ4v) is 6.87. The van der Waals surface area contributed by atoms with E-state index < -0.39 is 16.9 Å². The SMILES string of the molecule is CCC(O[SiH2][Si](C)(C)C(C)(C)C)c1cccc(OCOC)c1OCOC. The fraction of sp³-hybridized carbons (Fsp3) is 0.684. The first-order chi connectivity index (χ1) is 12.2. The zero-order chi connectivity index (χ0) is 19.8. The maximum absolute atomic E-state index is 6.54. The number of methoxy groups -OCH3 is 2. The van der Waals surface area contributed by atoms with Crippen LogP contribution in [0, 0.1) is 0 Å². The third kappa shape index (κ3) is 6.38. The molecule has 1 atom stereocenters. The van der Waals surface area contributed by atoms with E-state index in [-0.39, 0.29) is 19.7 Å². The van der Waals surface area contributed by atoms with E-state index in [9.17, 15) is 0 Å². The molecule has 0 saturated carbocycles. The van der Waals surface area contributed by atoms with Crippen molar-refractivity contribution in [3.63, 3.8) is 0 Å². The highest BCUT2D eigenvalue weighted by Crippen LogP contribution is 2.40. The molecule has 0 bridgehead atoms. The molecular formula is C19H36O5Si2. The average Bonchev–Trinajstić information content (AvgIpc) is 2.58. The smallest absolute Gasteiger partial charge is 0.188 e. The van der Waals surface area contributed by atoms with Crippen LogP contribution < -0.4 is 9.47 Å². The Balaban J connectivity index is 3.07. The van der Waals surface area contributed by atoms with Gasteiger partial charge in [0.1, 0.15) is 0 Å². The van der Waals surface area contributed by atoms with Gasteiger partial charge >= 0.3 is 0 Å². The van der Waals surface area contributed by atoms with Crippen molar-refractivity contribution in [2.75, 3.05) is 27.8 Å². The van der Waals surface area contributed by atoms with Crippen LogP contribution >= 0.6 is 0 Å². The van der Waals surface area contributed by atoms with Crippen LogP contribution in [0.15, 0.2) is 18.2 Å². The molecule has 26 heavy (non-hydrogen) atoms. The van der Waals surface area contributed by atoms with Crippen molar-refractivity contribution >= 4 is 16.9 Å². The molecule has 150 valence electrons. The van der Waals surface area contributed by atoms with Crippen LogP contribution in [0.1, 0.15) is 45.8 Å². The summed E-state index contributed by atoms with van der Waals surface area (Å²) in [6.45, 7) is 14.4. The monoisotopic (exact) mass is 400 g/mol. The second kappa shape index (κ2) is 10.5. The molecule has 0 saturated heterocycles. The van der Waals surface area contributed by atoms with Crippen molar-refractivity contribution in [2.45, 2.75) is 58.4 Å². The summed E-state index contributed by atoms with van der Waals surface area (Å²) in [7, 11) is 1.17. The Morgan fingerprint density at radius 2 is 1.65 bits per heavy atom. The van der Waals surface area contributed by atoms with E-state index >= 15 is 0 Å². The number of hydrogen-bond donors (Lipinski definition) is 0. The van der Waals surface area contributed by atoms with Gasteiger partial charge in [-0.05, 0) is 17.5 Å². The summed E-state index contributed by atoms with van der Waals surface area (Å²) in [6, 6.07) is 5.91. The van der Waals surface area contributed by atoms with E-state index in [1.54, 1.807) is 14.2 Å². The number of hydrogen-bond acceptors (Lipinski definition) is 5. The summed E-state index contributed by atoms with van der Waals surface area (Å²) in [5, 5.41) is 0.344. The van der Waals surface area contributed by atoms with Gasteiger partial charge in [-0.25, -0.2) is 0 Å². The second-order valence-electron chi connectivity index (χ2n) is 8.12. The van der Waals surface area contributed by atoms with Gasteiger partial charge in [0.25, 0.3) is 0 Å². The molecule has 0 aromatic heterocycles. The molecule has 0 aliphatic carbocycles. The number of benzene rings is 1. The Bertz CT molecular complexity index is 543. The molecule has 1 rings (SSSR count). The molecule has 0 N–H and O–H groups in total. The predicted molar refractivity (Wildman–Crippen MR) is 111 cm³/mol. The van der Waals surface area contributed by atoms with Gasteiger partial charge in [-0.2, -0.15) is 0 Å². The van der Waals surface area contributed by atoms with Crippen LogP contribution in [0.25, 0.3) is 0 Å². The van der Waals surface area contributed by atoms with E-state index in [0.29, 0.717) is 16.5 Å². The molecule has 0 radical (unpaired) electrons. The average molecular weight is 401 g/mol. The molecule has 0 aliphatic heterocycles. The van der Waals surface area contributed by atoms with Crippen LogP contribution in [0.2, 0.25) is 18.1 Å². The summed E-state index contributed by atoms with van der Waals surface area (Å²) in [6.07, 6.45) is 0.896. The predicted octanol–water partition coefficient (Wildman–Crippen LogP) is 4.21. The van der Waals surface area contributed by atoms with Crippen molar-refractivity contribution in [3.8, 4) is 11.5 Å². The van der Waals surface area contributed by atoms with Gasteiger partial charge < -0.3 is 23.4 Å². The van der Waals surface area contributed by atoms with Crippen molar-refractivity contribution in [3.05, 3.63) is 23.8 Å². The second-order valence-corrected chi connectivity index (χ2v) is 20.2. The summed E-state index contributed by atoms with van der Waals surface area (Å²) < 4.78 is 28.2. The van der Waals surface area contributed by atoms with Crippen molar-refractivity contribution in [2.24, 2.45) is 0 Å². The van der Waals surface area contributed by atoms with Crippen molar-refractivity contribution < 1.29 is 23.4 Å². The number of ether oxygens (including phenoxy) is 4. The Morgan fingerprint density at radius 1 is 1.04 bits per heavy atom. The summed E-state index contributed by atoms with van der Waals surface area (Å²) in [5.41, 5.74) is 1.02. The number of rotatable bonds is 11. The maximum atomic E-state index is 6.54. The first-order valence-corrected chi connectivity index (χ1v) is 15.1. The number of para-hydroxylation sites is 1. The highest BCUT2D eigenvalue weighted by molar-refractivity contribution is 7.22. The molecule has 0 aliphatic rings. The molecule has 1 aromatic carbocycles. The van der Waals surface area contributed by atoms with Gasteiger partial charge in [-0.15, -0.1) is 0 Å². The van der Waals surface area contributed by atoms with E-state index in [0.717, 1.165) is 12.0 Å². The van der Waals surface area contributed by atoms with Gasteiger partial charge in [0, 0.05) is 19.8 Å². The third-order valence-corrected chi connectivity index (χ3v) is 16.3. The van der Waals surface area contributed by atoms with Crippen LogP contribution in [-0.2, 0) is 13.9 Å². The highest BCUT2D eigenvalue weighted by Gasteiger charge is 2.37.